The van der Waals surface area contributed by atoms with Gasteiger partial charge in [-0.05, 0) is 92.4 Å². The quantitative estimate of drug-likeness (QED) is 0.193. The molecule has 0 atom stereocenters. The second-order valence-corrected chi connectivity index (χ2v) is 10.9. The molecule has 9 heteroatoms. The summed E-state index contributed by atoms with van der Waals surface area (Å²) < 4.78 is 5.49. The molecule has 1 aliphatic carbocycles. The summed E-state index contributed by atoms with van der Waals surface area (Å²) in [5.74, 6) is 0.0288. The average molecular weight is 570 g/mol. The maximum absolute atomic E-state index is 13.4. The van der Waals surface area contributed by atoms with Crippen molar-refractivity contribution in [3.63, 3.8) is 0 Å². The van der Waals surface area contributed by atoms with Gasteiger partial charge < -0.3 is 31.3 Å². The second kappa shape index (κ2) is 14.0. The number of anilines is 3. The van der Waals surface area contributed by atoms with Gasteiger partial charge in [0, 0.05) is 41.6 Å². The lowest BCUT2D eigenvalue weighted by atomic mass is 10.1. The number of unbranched alkanes of at least 4 members (excludes halogenated alkanes) is 4. The summed E-state index contributed by atoms with van der Waals surface area (Å²) in [4.78, 5) is 39.7. The number of carbonyl (C=O) groups is 3. The zero-order valence-corrected chi connectivity index (χ0v) is 23.9. The zero-order valence-electron chi connectivity index (χ0n) is 23.9. The molecule has 9 nitrogen and oxygen atoms in total. The van der Waals surface area contributed by atoms with E-state index in [2.05, 4.69) is 16.0 Å². The number of ether oxygens (including phenoxy) is 1. The maximum Gasteiger partial charge on any atom is 0.262 e. The zero-order chi connectivity index (χ0) is 29.3. The first kappa shape index (κ1) is 29.1. The first-order chi connectivity index (χ1) is 20.5. The average Bonchev–Trinajstić information content (AvgIpc) is 3.85. The number of hydrogen-bond acceptors (Lipinski definition) is 6. The minimum atomic E-state index is -0.208. The van der Waals surface area contributed by atoms with E-state index in [0.29, 0.717) is 29.1 Å². The number of benzene rings is 3. The van der Waals surface area contributed by atoms with Crippen LogP contribution in [0.25, 0.3) is 0 Å². The Kier molecular flexibility index (Phi) is 9.71. The monoisotopic (exact) mass is 569 g/mol. The molecule has 1 aliphatic heterocycles. The normalized spacial score (nSPS) is 13.9. The van der Waals surface area contributed by atoms with Crippen LogP contribution in [0.4, 0.5) is 17.1 Å². The van der Waals surface area contributed by atoms with E-state index in [9.17, 15) is 14.4 Å². The molecule has 1 heterocycles. The summed E-state index contributed by atoms with van der Waals surface area (Å²) >= 11 is 0. The van der Waals surface area contributed by atoms with Crippen LogP contribution in [-0.2, 0) is 11.3 Å². The number of nitrogens with zero attached hydrogens (tertiary/aromatic N) is 1. The highest BCUT2D eigenvalue weighted by Crippen LogP contribution is 2.33. The van der Waals surface area contributed by atoms with E-state index in [1.165, 1.54) is 19.3 Å². The van der Waals surface area contributed by atoms with Gasteiger partial charge in [-0.1, -0.05) is 31.4 Å². The maximum atomic E-state index is 13.4. The number of hydrogen-bond donors (Lipinski definition) is 4. The van der Waals surface area contributed by atoms with Crippen LogP contribution in [0.3, 0.4) is 0 Å². The van der Waals surface area contributed by atoms with Crippen molar-refractivity contribution in [3.05, 3.63) is 83.4 Å². The summed E-state index contributed by atoms with van der Waals surface area (Å²) in [6, 6.07) is 20.4. The smallest absolute Gasteiger partial charge is 0.262 e. The number of nitrogens with one attached hydrogen (secondary N) is 3. The summed E-state index contributed by atoms with van der Waals surface area (Å²) in [6.45, 7) is 2.08. The van der Waals surface area contributed by atoms with E-state index in [1.54, 1.807) is 30.3 Å². The molecule has 3 aromatic carbocycles. The minimum Gasteiger partial charge on any atom is -0.482 e. The lowest BCUT2D eigenvalue weighted by Gasteiger charge is -2.24. The minimum absolute atomic E-state index is 0.0596. The third-order valence-corrected chi connectivity index (χ3v) is 7.53. The Labute approximate surface area is 246 Å². The van der Waals surface area contributed by atoms with Crippen molar-refractivity contribution in [1.82, 2.24) is 4.90 Å². The molecule has 3 aromatic rings. The van der Waals surface area contributed by atoms with Crippen LogP contribution in [0.1, 0.15) is 71.2 Å². The van der Waals surface area contributed by atoms with Gasteiger partial charge in [0.2, 0.25) is 0 Å². The Balaban J connectivity index is 1.12. The van der Waals surface area contributed by atoms with Gasteiger partial charge in [0.25, 0.3) is 17.7 Å². The van der Waals surface area contributed by atoms with Crippen molar-refractivity contribution in [2.45, 2.75) is 57.5 Å². The molecule has 0 radical (unpaired) electrons. The standard InChI is InChI=1S/C33H39N5O4/c34-18-4-2-1-3-5-19-35-26-11-13-27(14-12-26)36-32(40)24-8-6-23(7-9-24)21-38(28-15-16-28)33(41)25-10-17-29-30(20-25)42-22-31(39)37-29/h6-14,17,20,28,35H,1-5,15-16,18-19,21-22,34H2,(H,36,40)(H,37,39). The summed E-state index contributed by atoms with van der Waals surface area (Å²) in [5, 5.41) is 9.14. The third kappa shape index (κ3) is 7.88. The van der Waals surface area contributed by atoms with E-state index < -0.39 is 0 Å². The molecule has 5 rings (SSSR count). The topological polar surface area (TPSA) is 126 Å². The Morgan fingerprint density at radius 3 is 2.31 bits per heavy atom. The van der Waals surface area contributed by atoms with Crippen LogP contribution in [0.15, 0.2) is 66.7 Å². The predicted octanol–water partition coefficient (Wildman–Crippen LogP) is 5.40. The summed E-state index contributed by atoms with van der Waals surface area (Å²) in [5.41, 5.74) is 9.89. The van der Waals surface area contributed by atoms with Crippen molar-refractivity contribution in [3.8, 4) is 5.75 Å². The lowest BCUT2D eigenvalue weighted by Crippen LogP contribution is -2.33. The number of nitrogens with two attached hydrogens (primary N) is 1. The van der Waals surface area contributed by atoms with Gasteiger partial charge in [-0.2, -0.15) is 0 Å². The largest absolute Gasteiger partial charge is 0.482 e. The summed E-state index contributed by atoms with van der Waals surface area (Å²) in [6.07, 6.45) is 7.76. The van der Waals surface area contributed by atoms with Gasteiger partial charge in [0.05, 0.1) is 5.69 Å². The van der Waals surface area contributed by atoms with E-state index in [1.807, 2.05) is 41.3 Å². The second-order valence-electron chi connectivity index (χ2n) is 10.9. The fourth-order valence-electron chi connectivity index (χ4n) is 4.99. The Bertz CT molecular complexity index is 1390. The molecule has 0 unspecified atom stereocenters. The van der Waals surface area contributed by atoms with Crippen molar-refractivity contribution in [2.75, 3.05) is 35.6 Å². The highest BCUT2D eigenvalue weighted by Gasteiger charge is 2.33. The van der Waals surface area contributed by atoms with Gasteiger partial charge in [0.15, 0.2) is 6.61 Å². The SMILES string of the molecule is NCCCCCCCNc1ccc(NC(=O)c2ccc(CN(C(=O)c3ccc4c(c3)OCC(=O)N4)C3CC3)cc2)cc1. The first-order valence-corrected chi connectivity index (χ1v) is 14.8. The van der Waals surface area contributed by atoms with Crippen LogP contribution >= 0.6 is 0 Å². The Morgan fingerprint density at radius 1 is 0.881 bits per heavy atom. The van der Waals surface area contributed by atoms with Gasteiger partial charge in [-0.15, -0.1) is 0 Å². The predicted molar refractivity (Wildman–Crippen MR) is 165 cm³/mol. The van der Waals surface area contributed by atoms with E-state index in [0.717, 1.165) is 55.7 Å². The molecule has 5 N–H and O–H groups in total. The van der Waals surface area contributed by atoms with Crippen molar-refractivity contribution in [1.29, 1.82) is 0 Å². The third-order valence-electron chi connectivity index (χ3n) is 7.53. The van der Waals surface area contributed by atoms with Crippen LogP contribution in [-0.4, -0.2) is 48.4 Å². The first-order valence-electron chi connectivity index (χ1n) is 14.8. The molecular weight excluding hydrogens is 530 g/mol. The molecule has 0 aromatic heterocycles. The molecule has 220 valence electrons. The van der Waals surface area contributed by atoms with Crippen molar-refractivity contribution in [2.24, 2.45) is 5.73 Å². The fourth-order valence-corrected chi connectivity index (χ4v) is 4.99. The lowest BCUT2D eigenvalue weighted by molar-refractivity contribution is -0.118. The van der Waals surface area contributed by atoms with Gasteiger partial charge >= 0.3 is 0 Å². The van der Waals surface area contributed by atoms with Crippen molar-refractivity contribution >= 4 is 34.8 Å². The highest BCUT2D eigenvalue weighted by molar-refractivity contribution is 6.04. The number of amides is 3. The number of rotatable bonds is 14. The molecule has 0 bridgehead atoms. The van der Waals surface area contributed by atoms with Crippen LogP contribution in [0.2, 0.25) is 0 Å². The van der Waals surface area contributed by atoms with Gasteiger partial charge in [-0.3, -0.25) is 14.4 Å². The molecule has 0 spiro atoms. The molecule has 1 saturated carbocycles. The highest BCUT2D eigenvalue weighted by atomic mass is 16.5. The van der Waals surface area contributed by atoms with Gasteiger partial charge in [0.1, 0.15) is 5.75 Å². The number of carbonyl (C=O) groups excluding carboxylic acids is 3. The molecule has 0 saturated heterocycles. The van der Waals surface area contributed by atoms with E-state index in [4.69, 9.17) is 10.5 Å². The molecule has 42 heavy (non-hydrogen) atoms. The Hall–Kier alpha value is -4.37. The van der Waals surface area contributed by atoms with Gasteiger partial charge in [-0.25, -0.2) is 0 Å². The molecular formula is C33H39N5O4. The molecule has 1 fully saturated rings. The van der Waals surface area contributed by atoms with Crippen molar-refractivity contribution < 1.29 is 19.1 Å². The van der Waals surface area contributed by atoms with E-state index in [-0.39, 0.29) is 30.4 Å². The van der Waals surface area contributed by atoms with E-state index >= 15 is 0 Å². The van der Waals surface area contributed by atoms with Crippen LogP contribution in [0, 0.1) is 0 Å². The van der Waals surface area contributed by atoms with Crippen LogP contribution in [0.5, 0.6) is 5.75 Å². The fraction of sp³-hybridized carbons (Fsp3) is 0.364. The molecule has 2 aliphatic rings. The Morgan fingerprint density at radius 2 is 1.57 bits per heavy atom. The molecule has 3 amide bonds. The van der Waals surface area contributed by atoms with Crippen LogP contribution < -0.4 is 26.4 Å². The summed E-state index contributed by atoms with van der Waals surface area (Å²) in [7, 11) is 0. The number of fused-ring (bicyclic) bond motifs is 1.